The minimum atomic E-state index is -1.07. The number of rotatable bonds is 1. The number of nitrogens with one attached hydrogen (secondary N) is 1. The molecule has 0 atom stereocenters. The molecule has 6 heteroatoms. The van der Waals surface area contributed by atoms with Crippen molar-refractivity contribution in [3.05, 3.63) is 29.0 Å². The summed E-state index contributed by atoms with van der Waals surface area (Å²) in [4.78, 5) is 24.8. The summed E-state index contributed by atoms with van der Waals surface area (Å²) >= 11 is 5.90. The van der Waals surface area contributed by atoms with Crippen LogP contribution in [0.5, 0.6) is 0 Å². The van der Waals surface area contributed by atoms with Gasteiger partial charge in [-0.25, -0.2) is 4.39 Å². The Morgan fingerprint density at radius 3 is 2.67 bits per heavy atom. The van der Waals surface area contributed by atoms with Crippen LogP contribution in [-0.4, -0.2) is 23.9 Å². The van der Waals surface area contributed by atoms with E-state index in [-0.39, 0.29) is 23.2 Å². The Bertz CT molecular complexity index is 511. The lowest BCUT2D eigenvalue weighted by atomic mass is 10.00. The predicted molar refractivity (Wildman–Crippen MR) is 66.0 cm³/mol. The van der Waals surface area contributed by atoms with Crippen molar-refractivity contribution < 1.29 is 14.0 Å². The van der Waals surface area contributed by atoms with Crippen molar-refractivity contribution in [3.63, 3.8) is 0 Å². The highest BCUT2D eigenvalue weighted by atomic mass is 35.5. The summed E-state index contributed by atoms with van der Waals surface area (Å²) in [6.07, 6.45) is 0. The molecule has 0 unspecified atom stereocenters. The Labute approximate surface area is 109 Å². The van der Waals surface area contributed by atoms with E-state index in [2.05, 4.69) is 5.32 Å². The van der Waals surface area contributed by atoms with E-state index >= 15 is 0 Å². The van der Waals surface area contributed by atoms with Gasteiger partial charge in [-0.05, 0) is 26.0 Å². The van der Waals surface area contributed by atoms with Crippen molar-refractivity contribution in [1.82, 2.24) is 5.32 Å². The van der Waals surface area contributed by atoms with E-state index < -0.39 is 17.3 Å². The smallest absolute Gasteiger partial charge is 0.252 e. The molecule has 1 N–H and O–H groups in total. The Morgan fingerprint density at radius 1 is 1.39 bits per heavy atom. The standard InChI is InChI=1S/C12H12ClFN2O2/c1-12(2)11(18)16(6-9(17)15-12)10-7(13)4-3-5-8(10)14/h3-5H,6H2,1-2H3,(H,15,17). The number of piperazine rings is 1. The second-order valence-corrected chi connectivity index (χ2v) is 5.04. The average Bonchev–Trinajstić information content (AvgIpc) is 2.24. The van der Waals surface area contributed by atoms with E-state index in [0.717, 1.165) is 4.90 Å². The number of amides is 2. The first kappa shape index (κ1) is 12.8. The van der Waals surface area contributed by atoms with Crippen molar-refractivity contribution in [2.45, 2.75) is 19.4 Å². The van der Waals surface area contributed by atoms with E-state index in [9.17, 15) is 14.0 Å². The number of carbonyl (C=O) groups is 2. The molecule has 0 saturated carbocycles. The van der Waals surface area contributed by atoms with Gasteiger partial charge in [-0.3, -0.25) is 14.5 Å². The van der Waals surface area contributed by atoms with Gasteiger partial charge in [0.2, 0.25) is 5.91 Å². The molecule has 2 amide bonds. The van der Waals surface area contributed by atoms with Gasteiger partial charge in [-0.2, -0.15) is 0 Å². The normalized spacial score (nSPS) is 18.8. The molecule has 0 spiro atoms. The third kappa shape index (κ3) is 2.06. The summed E-state index contributed by atoms with van der Waals surface area (Å²) in [5, 5.41) is 2.65. The van der Waals surface area contributed by atoms with Crippen LogP contribution in [0.4, 0.5) is 10.1 Å². The lowest BCUT2D eigenvalue weighted by Crippen LogP contribution is -2.64. The van der Waals surface area contributed by atoms with Crippen LogP contribution < -0.4 is 10.2 Å². The number of hydrogen-bond donors (Lipinski definition) is 1. The van der Waals surface area contributed by atoms with E-state index in [1.807, 2.05) is 0 Å². The molecule has 1 heterocycles. The topological polar surface area (TPSA) is 49.4 Å². The summed E-state index contributed by atoms with van der Waals surface area (Å²) in [7, 11) is 0. The molecule has 0 aliphatic carbocycles. The van der Waals surface area contributed by atoms with Crippen molar-refractivity contribution >= 4 is 29.1 Å². The molecular weight excluding hydrogens is 259 g/mol. The first-order valence-corrected chi connectivity index (χ1v) is 5.78. The van der Waals surface area contributed by atoms with Crippen LogP contribution in [-0.2, 0) is 9.59 Å². The molecule has 1 saturated heterocycles. The minimum Gasteiger partial charge on any atom is -0.341 e. The number of nitrogens with zero attached hydrogens (tertiary/aromatic N) is 1. The SMILES string of the molecule is CC1(C)NC(=O)CN(c2c(F)cccc2Cl)C1=O. The van der Waals surface area contributed by atoms with Gasteiger partial charge in [0.05, 0.1) is 10.7 Å². The highest BCUT2D eigenvalue weighted by molar-refractivity contribution is 6.34. The Kier molecular flexibility index (Phi) is 3.02. The molecule has 18 heavy (non-hydrogen) atoms. The fourth-order valence-corrected chi connectivity index (χ4v) is 2.19. The molecule has 1 fully saturated rings. The van der Waals surface area contributed by atoms with Gasteiger partial charge < -0.3 is 5.32 Å². The maximum absolute atomic E-state index is 13.8. The number of hydrogen-bond acceptors (Lipinski definition) is 2. The Hall–Kier alpha value is -1.62. The summed E-state index contributed by atoms with van der Waals surface area (Å²) in [6.45, 7) is 2.89. The van der Waals surface area contributed by atoms with Gasteiger partial charge in [0.15, 0.2) is 0 Å². The van der Waals surface area contributed by atoms with E-state index in [0.29, 0.717) is 0 Å². The maximum Gasteiger partial charge on any atom is 0.252 e. The van der Waals surface area contributed by atoms with E-state index in [4.69, 9.17) is 11.6 Å². The zero-order valence-electron chi connectivity index (χ0n) is 9.96. The molecular formula is C12H12ClFN2O2. The van der Waals surface area contributed by atoms with Gasteiger partial charge in [0, 0.05) is 0 Å². The number of benzene rings is 1. The number of halogens is 2. The molecule has 0 aromatic heterocycles. The van der Waals surface area contributed by atoms with Crippen LogP contribution in [0.3, 0.4) is 0 Å². The van der Waals surface area contributed by atoms with Crippen LogP contribution >= 0.6 is 11.6 Å². The highest BCUT2D eigenvalue weighted by Crippen LogP contribution is 2.31. The fourth-order valence-electron chi connectivity index (χ4n) is 1.92. The minimum absolute atomic E-state index is 0.0490. The average molecular weight is 271 g/mol. The van der Waals surface area contributed by atoms with Gasteiger partial charge in [0.25, 0.3) is 5.91 Å². The number of anilines is 1. The van der Waals surface area contributed by atoms with Gasteiger partial charge in [-0.15, -0.1) is 0 Å². The molecule has 0 bridgehead atoms. The zero-order valence-corrected chi connectivity index (χ0v) is 10.7. The highest BCUT2D eigenvalue weighted by Gasteiger charge is 2.41. The summed E-state index contributed by atoms with van der Waals surface area (Å²) < 4.78 is 13.8. The van der Waals surface area contributed by atoms with Crippen LogP contribution in [0.15, 0.2) is 18.2 Å². The van der Waals surface area contributed by atoms with Crippen LogP contribution in [0.2, 0.25) is 5.02 Å². The van der Waals surface area contributed by atoms with E-state index in [1.54, 1.807) is 13.8 Å². The van der Waals surface area contributed by atoms with Gasteiger partial charge in [-0.1, -0.05) is 17.7 Å². The van der Waals surface area contributed by atoms with Gasteiger partial charge >= 0.3 is 0 Å². The molecule has 4 nitrogen and oxygen atoms in total. The molecule has 96 valence electrons. The monoisotopic (exact) mass is 270 g/mol. The fraction of sp³-hybridized carbons (Fsp3) is 0.333. The number of carbonyl (C=O) groups excluding carboxylic acids is 2. The lowest BCUT2D eigenvalue weighted by molar-refractivity contribution is -0.134. The van der Waals surface area contributed by atoms with Crippen LogP contribution in [0, 0.1) is 5.82 Å². The molecule has 0 radical (unpaired) electrons. The lowest BCUT2D eigenvalue weighted by Gasteiger charge is -2.37. The predicted octanol–water partition coefficient (Wildman–Crippen LogP) is 1.72. The van der Waals surface area contributed by atoms with Crippen LogP contribution in [0.25, 0.3) is 0 Å². The summed E-state index contributed by atoms with van der Waals surface area (Å²) in [6, 6.07) is 4.13. The van der Waals surface area contributed by atoms with Crippen molar-refractivity contribution in [1.29, 1.82) is 0 Å². The molecule has 1 aromatic rings. The number of para-hydroxylation sites is 1. The molecule has 1 aliphatic heterocycles. The van der Waals surface area contributed by atoms with Crippen molar-refractivity contribution in [3.8, 4) is 0 Å². The molecule has 1 aromatic carbocycles. The first-order chi connectivity index (χ1) is 8.33. The largest absolute Gasteiger partial charge is 0.341 e. The third-order valence-electron chi connectivity index (χ3n) is 2.74. The third-order valence-corrected chi connectivity index (χ3v) is 3.05. The van der Waals surface area contributed by atoms with Crippen molar-refractivity contribution in [2.75, 3.05) is 11.4 Å². The maximum atomic E-state index is 13.8. The summed E-state index contributed by atoms with van der Waals surface area (Å²) in [5.74, 6) is -1.37. The molecule has 2 rings (SSSR count). The second-order valence-electron chi connectivity index (χ2n) is 4.63. The second kappa shape index (κ2) is 4.24. The summed E-state index contributed by atoms with van der Waals surface area (Å²) in [5.41, 5.74) is -1.12. The van der Waals surface area contributed by atoms with Crippen molar-refractivity contribution in [2.24, 2.45) is 0 Å². The Balaban J connectivity index is 2.50. The van der Waals surface area contributed by atoms with Gasteiger partial charge in [0.1, 0.15) is 17.9 Å². The molecule has 1 aliphatic rings. The Morgan fingerprint density at radius 2 is 2.06 bits per heavy atom. The zero-order chi connectivity index (χ0) is 13.5. The first-order valence-electron chi connectivity index (χ1n) is 5.40. The quantitative estimate of drug-likeness (QED) is 0.845. The van der Waals surface area contributed by atoms with E-state index in [1.165, 1.54) is 18.2 Å². The van der Waals surface area contributed by atoms with Crippen LogP contribution in [0.1, 0.15) is 13.8 Å².